The highest BCUT2D eigenvalue weighted by atomic mass is 16.5. The van der Waals surface area contributed by atoms with E-state index in [1.165, 1.54) is 0 Å². The summed E-state index contributed by atoms with van der Waals surface area (Å²) in [6, 6.07) is 12.8. The van der Waals surface area contributed by atoms with E-state index >= 15 is 0 Å². The van der Waals surface area contributed by atoms with E-state index in [-0.39, 0.29) is 12.3 Å². The predicted molar refractivity (Wildman–Crippen MR) is 87.5 cm³/mol. The standard InChI is InChI=1S/C18H20N2O4/c21-17(22)12-16(20-7-9-24-10-8-20)18(23)19-15-6-5-13-3-1-2-4-14(13)11-15/h1-6,11,16H,7-10,12H2,(H,19,23)(H,21,22)/t16-/m1/s1. The average molecular weight is 328 g/mol. The van der Waals surface area contributed by atoms with Crippen molar-refractivity contribution in [3.05, 3.63) is 42.5 Å². The van der Waals surface area contributed by atoms with E-state index in [2.05, 4.69) is 5.32 Å². The predicted octanol–water partition coefficient (Wildman–Crippen LogP) is -0.798. The number of ether oxygens (including phenoxy) is 1. The molecule has 0 spiro atoms. The lowest BCUT2D eigenvalue weighted by atomic mass is 10.1. The van der Waals surface area contributed by atoms with Crippen LogP contribution in [0.25, 0.3) is 10.8 Å². The van der Waals surface area contributed by atoms with Gasteiger partial charge in [0.25, 0.3) is 5.91 Å². The fraction of sp³-hybridized carbons (Fsp3) is 0.333. The molecule has 1 fully saturated rings. The molecule has 1 amide bonds. The summed E-state index contributed by atoms with van der Waals surface area (Å²) < 4.78 is 5.29. The van der Waals surface area contributed by atoms with Gasteiger partial charge in [0.05, 0.1) is 13.2 Å². The van der Waals surface area contributed by atoms with Crippen molar-refractivity contribution in [2.75, 3.05) is 31.6 Å². The lowest BCUT2D eigenvalue weighted by Crippen LogP contribution is -3.19. The van der Waals surface area contributed by atoms with Gasteiger partial charge in [0.2, 0.25) is 0 Å². The molecule has 0 radical (unpaired) electrons. The fourth-order valence-corrected chi connectivity index (χ4v) is 3.07. The Balaban J connectivity index is 1.76. The van der Waals surface area contributed by atoms with Gasteiger partial charge in [-0.15, -0.1) is 0 Å². The summed E-state index contributed by atoms with van der Waals surface area (Å²) in [5.41, 5.74) is 0.662. The first-order valence-electron chi connectivity index (χ1n) is 8.05. The number of rotatable bonds is 5. The Bertz CT molecular complexity index is 741. The molecule has 2 N–H and O–H groups in total. The largest absolute Gasteiger partial charge is 0.550 e. The van der Waals surface area contributed by atoms with E-state index in [9.17, 15) is 14.7 Å². The van der Waals surface area contributed by atoms with Crippen LogP contribution in [0.15, 0.2) is 42.5 Å². The molecular weight excluding hydrogens is 308 g/mol. The van der Waals surface area contributed by atoms with Crippen LogP contribution in [0.3, 0.4) is 0 Å². The first-order valence-corrected chi connectivity index (χ1v) is 8.05. The minimum atomic E-state index is -1.22. The maximum atomic E-state index is 12.6. The Labute approximate surface area is 140 Å². The van der Waals surface area contributed by atoms with Gasteiger partial charge in [-0.2, -0.15) is 0 Å². The molecule has 1 aliphatic heterocycles. The van der Waals surface area contributed by atoms with Crippen LogP contribution in [-0.4, -0.2) is 44.2 Å². The van der Waals surface area contributed by atoms with Crippen LogP contribution in [0.1, 0.15) is 6.42 Å². The van der Waals surface area contributed by atoms with Crippen LogP contribution in [0.5, 0.6) is 0 Å². The summed E-state index contributed by atoms with van der Waals surface area (Å²) >= 11 is 0. The molecule has 2 aromatic carbocycles. The van der Waals surface area contributed by atoms with Crippen LogP contribution >= 0.6 is 0 Å². The summed E-state index contributed by atoms with van der Waals surface area (Å²) in [7, 11) is 0. The van der Waals surface area contributed by atoms with Crippen molar-refractivity contribution in [2.45, 2.75) is 12.5 Å². The number of hydrogen-bond donors (Lipinski definition) is 2. The number of anilines is 1. The molecule has 126 valence electrons. The quantitative estimate of drug-likeness (QED) is 0.753. The van der Waals surface area contributed by atoms with Gasteiger partial charge in [0.1, 0.15) is 13.1 Å². The molecule has 6 nitrogen and oxygen atoms in total. The Morgan fingerprint density at radius 1 is 1.12 bits per heavy atom. The maximum absolute atomic E-state index is 12.6. The third-order valence-electron chi connectivity index (χ3n) is 4.33. The van der Waals surface area contributed by atoms with Gasteiger partial charge >= 0.3 is 0 Å². The zero-order valence-electron chi connectivity index (χ0n) is 13.3. The van der Waals surface area contributed by atoms with E-state index in [1.54, 1.807) is 0 Å². The molecule has 0 aromatic heterocycles. The average Bonchev–Trinajstić information content (AvgIpc) is 2.60. The second kappa shape index (κ2) is 7.42. The SMILES string of the molecule is O=C([O-])C[C@H](C(=O)Nc1ccc2ccccc2c1)[NH+]1CCOCC1. The van der Waals surface area contributed by atoms with Gasteiger partial charge in [-0.05, 0) is 22.9 Å². The Hall–Kier alpha value is -2.44. The molecule has 1 aliphatic rings. The smallest absolute Gasteiger partial charge is 0.283 e. The number of fused-ring (bicyclic) bond motifs is 1. The summed E-state index contributed by atoms with van der Waals surface area (Å²) in [5, 5.41) is 16.0. The van der Waals surface area contributed by atoms with Crippen LogP contribution in [-0.2, 0) is 14.3 Å². The molecule has 6 heteroatoms. The number of morpholine rings is 1. The van der Waals surface area contributed by atoms with Crippen LogP contribution in [0.4, 0.5) is 5.69 Å². The van der Waals surface area contributed by atoms with Gasteiger partial charge in [0.15, 0.2) is 6.04 Å². The van der Waals surface area contributed by atoms with Gasteiger partial charge in [-0.3, -0.25) is 4.79 Å². The van der Waals surface area contributed by atoms with Crippen LogP contribution in [0.2, 0.25) is 0 Å². The lowest BCUT2D eigenvalue weighted by Gasteiger charge is -2.30. The third-order valence-corrected chi connectivity index (χ3v) is 4.33. The Kier molecular flexibility index (Phi) is 5.08. The zero-order chi connectivity index (χ0) is 16.9. The molecule has 1 heterocycles. The number of quaternary nitrogens is 1. The van der Waals surface area contributed by atoms with E-state index in [0.717, 1.165) is 15.7 Å². The minimum absolute atomic E-state index is 0.297. The third kappa shape index (κ3) is 3.90. The monoisotopic (exact) mass is 328 g/mol. The van der Waals surface area contributed by atoms with Crippen LogP contribution < -0.4 is 15.3 Å². The molecular formula is C18H20N2O4. The molecule has 0 saturated carbocycles. The van der Waals surface area contributed by atoms with Crippen molar-refractivity contribution in [3.8, 4) is 0 Å². The van der Waals surface area contributed by atoms with E-state index in [1.807, 2.05) is 42.5 Å². The minimum Gasteiger partial charge on any atom is -0.550 e. The normalized spacial score (nSPS) is 16.7. The van der Waals surface area contributed by atoms with Crippen molar-refractivity contribution in [1.82, 2.24) is 0 Å². The zero-order valence-corrected chi connectivity index (χ0v) is 13.3. The van der Waals surface area contributed by atoms with E-state index in [0.29, 0.717) is 32.0 Å². The molecule has 0 unspecified atom stereocenters. The molecule has 1 saturated heterocycles. The number of amides is 1. The Morgan fingerprint density at radius 3 is 2.54 bits per heavy atom. The number of carbonyl (C=O) groups is 2. The van der Waals surface area contributed by atoms with Gasteiger partial charge in [0, 0.05) is 18.1 Å². The van der Waals surface area contributed by atoms with Gasteiger partial charge in [-0.1, -0.05) is 30.3 Å². The number of nitrogens with one attached hydrogen (secondary N) is 2. The first-order chi connectivity index (χ1) is 11.6. The number of carboxylic acid groups (broad SMARTS) is 1. The molecule has 0 bridgehead atoms. The number of benzene rings is 2. The molecule has 1 atom stereocenters. The summed E-state index contributed by atoms with van der Waals surface area (Å²) in [6.45, 7) is 2.29. The van der Waals surface area contributed by atoms with Gasteiger partial charge in [-0.25, -0.2) is 0 Å². The molecule has 24 heavy (non-hydrogen) atoms. The summed E-state index contributed by atoms with van der Waals surface area (Å²) in [5.74, 6) is -1.51. The number of hydrogen-bond acceptors (Lipinski definition) is 4. The molecule has 3 rings (SSSR count). The lowest BCUT2D eigenvalue weighted by molar-refractivity contribution is -0.923. The number of aliphatic carboxylic acids is 1. The highest BCUT2D eigenvalue weighted by molar-refractivity contribution is 5.97. The molecule has 0 aliphatic carbocycles. The first kappa shape index (κ1) is 16.4. The van der Waals surface area contributed by atoms with E-state index in [4.69, 9.17) is 4.74 Å². The summed E-state index contributed by atoms with van der Waals surface area (Å²) in [6.07, 6.45) is -0.297. The second-order valence-electron chi connectivity index (χ2n) is 5.95. The van der Waals surface area contributed by atoms with Crippen LogP contribution in [0, 0.1) is 0 Å². The van der Waals surface area contributed by atoms with Gasteiger partial charge < -0.3 is 24.9 Å². The maximum Gasteiger partial charge on any atom is 0.283 e. The summed E-state index contributed by atoms with van der Waals surface area (Å²) in [4.78, 5) is 24.6. The number of carboxylic acids is 1. The van der Waals surface area contributed by atoms with E-state index < -0.39 is 12.0 Å². The van der Waals surface area contributed by atoms with Crippen molar-refractivity contribution in [1.29, 1.82) is 0 Å². The highest BCUT2D eigenvalue weighted by Gasteiger charge is 2.31. The van der Waals surface area contributed by atoms with Crippen molar-refractivity contribution in [3.63, 3.8) is 0 Å². The fourth-order valence-electron chi connectivity index (χ4n) is 3.07. The van der Waals surface area contributed by atoms with Crippen molar-refractivity contribution >= 4 is 28.3 Å². The number of carbonyl (C=O) groups excluding carboxylic acids is 2. The second-order valence-corrected chi connectivity index (χ2v) is 5.95. The topological polar surface area (TPSA) is 82.9 Å². The van der Waals surface area contributed by atoms with Crippen molar-refractivity contribution in [2.24, 2.45) is 0 Å². The van der Waals surface area contributed by atoms with Crippen molar-refractivity contribution < 1.29 is 24.3 Å². The Morgan fingerprint density at radius 2 is 1.83 bits per heavy atom. The highest BCUT2D eigenvalue weighted by Crippen LogP contribution is 2.18. The molecule has 2 aromatic rings.